The van der Waals surface area contributed by atoms with Crippen LogP contribution < -0.4 is 43.1 Å². The van der Waals surface area contributed by atoms with E-state index >= 15 is 0 Å². The summed E-state index contributed by atoms with van der Waals surface area (Å²) in [5, 5.41) is 46.3. The third kappa shape index (κ3) is 38.5. The van der Waals surface area contributed by atoms with Gasteiger partial charge in [0.1, 0.15) is 25.0 Å². The molecule has 3 aromatic carbocycles. The Kier molecular flexibility index (Phi) is 50.0. The Morgan fingerprint density at radius 2 is 1.24 bits per heavy atom. The summed E-state index contributed by atoms with van der Waals surface area (Å²) in [5.41, 5.74) is 2.61. The summed E-state index contributed by atoms with van der Waals surface area (Å²) in [7, 11) is 6.08. The molecule has 1 aliphatic rings. The molecule has 0 aliphatic carbocycles. The Morgan fingerprint density at radius 1 is 0.592 bits per heavy atom. The number of ketones is 4. The van der Waals surface area contributed by atoms with Crippen LogP contribution in [0.4, 0.5) is 15.3 Å². The average molecular weight is 1830 g/mol. The number of urea groups is 1. The van der Waals surface area contributed by atoms with Gasteiger partial charge >= 0.3 is 30.0 Å². The van der Waals surface area contributed by atoms with Crippen molar-refractivity contribution in [1.82, 2.24) is 46.6 Å². The predicted octanol–water partition coefficient (Wildman–Crippen LogP) is 6.53. The second kappa shape index (κ2) is 58.5. The Labute approximate surface area is 760 Å². The summed E-state index contributed by atoms with van der Waals surface area (Å²) >= 11 is 0. The fourth-order valence-electron chi connectivity index (χ4n) is 15.6. The van der Waals surface area contributed by atoms with E-state index in [2.05, 4.69) is 46.8 Å². The van der Waals surface area contributed by atoms with Crippen LogP contribution in [-0.4, -0.2) is 267 Å². The molecule has 14 atom stereocenters. The summed E-state index contributed by atoms with van der Waals surface area (Å²) in [6.45, 7) is 18.0. The molecule has 1 unspecified atom stereocenters. The number of nitrogens with two attached hydrogens (primary N) is 1. The van der Waals surface area contributed by atoms with Gasteiger partial charge in [0, 0.05) is 115 Å². The summed E-state index contributed by atoms with van der Waals surface area (Å²) in [6, 6.07) is 15.1. The van der Waals surface area contributed by atoms with Crippen molar-refractivity contribution in [1.29, 1.82) is 0 Å². The number of unbranched alkanes of at least 4 members (excludes halogenated alkanes) is 1. The molecule has 0 bridgehead atoms. The number of anilines is 1. The molecule has 1 heterocycles. The number of amides is 10. The number of carboxylic acids is 3. The molecule has 4 rings (SSSR count). The van der Waals surface area contributed by atoms with Crippen molar-refractivity contribution >= 4 is 107 Å². The van der Waals surface area contributed by atoms with E-state index in [-0.39, 0.29) is 182 Å². The number of Topliss-reactive ketones (excluding diaryl/α,β-unsaturated/α-hetero) is 4. The fraction of sp³-hybridized carbons (Fsp3) is 0.620. The molecule has 1 aliphatic heterocycles. The van der Waals surface area contributed by atoms with Gasteiger partial charge in [0.15, 0.2) is 23.6 Å². The van der Waals surface area contributed by atoms with Gasteiger partial charge in [-0.05, 0) is 116 Å². The van der Waals surface area contributed by atoms with Gasteiger partial charge in [-0.15, -0.1) is 0 Å². The van der Waals surface area contributed by atoms with E-state index in [9.17, 15) is 91.7 Å². The Bertz CT molecular complexity index is 4170. The normalized spacial score (nSPS) is 15.5. The van der Waals surface area contributed by atoms with Gasteiger partial charge in [0.25, 0.3) is 12.4 Å². The van der Waals surface area contributed by atoms with E-state index in [4.69, 9.17) is 34.7 Å². The molecule has 130 heavy (non-hydrogen) atoms. The molecule has 1 fully saturated rings. The van der Waals surface area contributed by atoms with Gasteiger partial charge < -0.3 is 95.7 Å². The minimum Gasteiger partial charge on any atom is -0.481 e. The van der Waals surface area contributed by atoms with Gasteiger partial charge in [0.05, 0.1) is 94.0 Å². The van der Waals surface area contributed by atoms with Crippen LogP contribution in [0.3, 0.4) is 0 Å². The molecule has 0 saturated carbocycles. The molecule has 0 aromatic heterocycles. The van der Waals surface area contributed by atoms with Gasteiger partial charge in [0.2, 0.25) is 35.4 Å². The van der Waals surface area contributed by atoms with Gasteiger partial charge in [-0.2, -0.15) is 0 Å². The number of benzene rings is 3. The second-order valence-electron chi connectivity index (χ2n) is 33.9. The van der Waals surface area contributed by atoms with E-state index in [1.165, 1.54) is 57.4 Å². The van der Waals surface area contributed by atoms with Crippen molar-refractivity contribution in [3.8, 4) is 0 Å². The summed E-state index contributed by atoms with van der Waals surface area (Å²) in [4.78, 5) is 231. The van der Waals surface area contributed by atoms with Crippen molar-refractivity contribution in [2.24, 2.45) is 53.2 Å². The second-order valence-corrected chi connectivity index (χ2v) is 33.9. The maximum absolute atomic E-state index is 14.9. The quantitative estimate of drug-likeness (QED) is 0.0124. The zero-order valence-corrected chi connectivity index (χ0v) is 77.3. The first-order valence-electron chi connectivity index (χ1n) is 44.3. The number of carbonyl (C=O) groups excluding carboxylic acids is 14. The first-order valence-corrected chi connectivity index (χ1v) is 44.3. The molecular weight excluding hydrogens is 1690 g/mol. The number of ether oxygens (including phenoxy) is 6. The SMILES string of the molecule is CC[C@H](C)[C@@H]([C@@H](CC(=O)N1CCC[C@H]1[C@H](OC)[C@@H](C)C(=O)C[C@@H](Cc1ccccc1)C(=O)O)OC)N(C)C(=O)[C@@H](CC(=O)[C@H](C(C)C)N(C)C(=O)OCc1ccc(CC(=O)[C@H](C)NC(=O)[C@@H](CC(=O)C(CCC(=O)NCCOCCOCCC(=O)Nc2ccc(C(=O)NCCCC[C@H](NC(=O)N[C@@H](CCC(=O)O)OC=O)C(=O)O)cc2)NC(=O)CON)C(C)C)cc1)C(C)C. The van der Waals surface area contributed by atoms with Crippen LogP contribution >= 0.6 is 0 Å². The molecule has 1 saturated heterocycles. The highest BCUT2D eigenvalue weighted by Crippen LogP contribution is 2.33. The van der Waals surface area contributed by atoms with Crippen LogP contribution in [0.5, 0.6) is 0 Å². The molecule has 0 spiro atoms. The number of rotatable bonds is 64. The maximum Gasteiger partial charge on any atom is 0.410 e. The number of aliphatic carboxylic acids is 3. The van der Waals surface area contributed by atoms with Crippen molar-refractivity contribution in [2.45, 2.75) is 240 Å². The minimum atomic E-state index is -1.34. The molecule has 722 valence electrons. The smallest absolute Gasteiger partial charge is 0.410 e. The van der Waals surface area contributed by atoms with Crippen molar-refractivity contribution in [3.63, 3.8) is 0 Å². The zero-order valence-electron chi connectivity index (χ0n) is 77.3. The standard InChI is InChI=1S/C92H137N11O27/c1-15-58(8)84(76(124-13)51-81(112)103-41-21-25-71(103)85(125-14)59(9)72(105)48-65(89(118)119)46-61-22-17-16-18-23-61)101(11)88(117)68(56(4)5)50-75(108)83(57(6)7)102(12)92(123)128-52-63-28-26-62(27-29-63)47-73(106)60(10)96-87(116)67(55(2)3)49-74(107)69(98-79(111)53-130-93)34-35-77(109)94-40-43-127-45-44-126-42-38-78(110)97-66-32-30-64(31-33-66)86(115)95-39-20-19-24-70(90(120)121)99-91(122)100-80(129-54-104)36-37-82(113)114/h16-18,22-23,26-33,54-60,65,67-71,76,80,83-85H,15,19-21,24-25,34-53,93H2,1-14H3,(H,94,109)(H,95,115)(H,96,116)(H,97,110)(H,98,111)(H,113,114)(H,118,119)(H,120,121)(H2,99,100,122)/t58-,59-,60-,65+,67-,68-,69?,70-,71-,76+,80+,83-,84-,85+/m0/s1. The number of methoxy groups -OCH3 is 2. The lowest BCUT2D eigenvalue weighted by atomic mass is 9.83. The van der Waals surface area contributed by atoms with E-state index in [1.807, 2.05) is 58.0 Å². The molecule has 12 N–H and O–H groups in total. The molecule has 38 nitrogen and oxygen atoms in total. The monoisotopic (exact) mass is 1830 g/mol. The third-order valence-corrected chi connectivity index (χ3v) is 23.2. The number of hydrogen-bond donors (Lipinski definition) is 11. The number of nitrogens with zero attached hydrogens (tertiary/aromatic N) is 3. The number of hydrogen-bond acceptors (Lipinski definition) is 25. The van der Waals surface area contributed by atoms with Crippen LogP contribution in [0.1, 0.15) is 193 Å². The lowest BCUT2D eigenvalue weighted by molar-refractivity contribution is -0.149. The van der Waals surface area contributed by atoms with Crippen LogP contribution in [-0.2, 0) is 120 Å². The first-order chi connectivity index (χ1) is 61.7. The summed E-state index contributed by atoms with van der Waals surface area (Å²) < 4.78 is 33.5. The van der Waals surface area contributed by atoms with Crippen LogP contribution in [0.25, 0.3) is 0 Å². The minimum absolute atomic E-state index is 0.0155. The number of likely N-dealkylation sites (tertiary alicyclic amines) is 1. The average Bonchev–Trinajstić information content (AvgIpc) is 1.54. The molecule has 3 aromatic rings. The third-order valence-electron chi connectivity index (χ3n) is 23.2. The number of nitrogens with one attached hydrogen (secondary N) is 7. The lowest BCUT2D eigenvalue weighted by Gasteiger charge is -2.41. The zero-order chi connectivity index (χ0) is 96.9. The number of likely N-dealkylation sites (N-methyl/N-ethyl adjacent to an activating group) is 2. The van der Waals surface area contributed by atoms with E-state index in [1.54, 1.807) is 75.7 Å². The highest BCUT2D eigenvalue weighted by atomic mass is 16.6. The van der Waals surface area contributed by atoms with Crippen LogP contribution in [0.15, 0.2) is 78.9 Å². The molecule has 0 radical (unpaired) electrons. The Hall–Kier alpha value is -11.2. The number of carboxylic acid groups (broad SMARTS) is 3. The van der Waals surface area contributed by atoms with E-state index in [0.717, 1.165) is 5.56 Å². The summed E-state index contributed by atoms with van der Waals surface area (Å²) in [5.74, 6) is -8.17. The van der Waals surface area contributed by atoms with Crippen molar-refractivity contribution in [2.75, 3.05) is 86.3 Å². The van der Waals surface area contributed by atoms with Crippen LogP contribution in [0, 0.1) is 47.3 Å². The number of carbonyl (C=O) groups is 17. The van der Waals surface area contributed by atoms with E-state index < -0.39 is 163 Å². The Morgan fingerprint density at radius 3 is 1.83 bits per heavy atom. The van der Waals surface area contributed by atoms with Gasteiger partial charge in [-0.1, -0.05) is 123 Å². The first kappa shape index (κ1) is 111. The molecule has 10 amide bonds. The Balaban J connectivity index is 1.20. The largest absolute Gasteiger partial charge is 0.481 e. The highest BCUT2D eigenvalue weighted by Gasteiger charge is 2.45. The maximum atomic E-state index is 14.9. The molecule has 38 heteroatoms. The van der Waals surface area contributed by atoms with Gasteiger partial charge in [-0.3, -0.25) is 72.0 Å². The van der Waals surface area contributed by atoms with E-state index in [0.29, 0.717) is 49.0 Å². The molecular formula is C92H137N11O27. The highest BCUT2D eigenvalue weighted by molar-refractivity contribution is 5.97. The van der Waals surface area contributed by atoms with Crippen LogP contribution in [0.2, 0.25) is 0 Å². The topological polar surface area (TPSA) is 535 Å². The fourth-order valence-corrected chi connectivity index (χ4v) is 15.6. The summed E-state index contributed by atoms with van der Waals surface area (Å²) in [6.07, 6.45) is -3.11. The van der Waals surface area contributed by atoms with Crippen molar-refractivity contribution in [3.05, 3.63) is 101 Å². The van der Waals surface area contributed by atoms with Crippen molar-refractivity contribution < 1.29 is 130 Å². The predicted molar refractivity (Wildman–Crippen MR) is 475 cm³/mol. The lowest BCUT2D eigenvalue weighted by Crippen LogP contribution is -2.54. The van der Waals surface area contributed by atoms with Gasteiger partial charge in [-0.25, -0.2) is 20.3 Å².